The first-order valence-electron chi connectivity index (χ1n) is 8.63. The summed E-state index contributed by atoms with van der Waals surface area (Å²) in [6, 6.07) is 12.8. The van der Waals surface area contributed by atoms with E-state index in [0.717, 1.165) is 5.56 Å². The molecule has 1 heterocycles. The number of amides is 2. The Morgan fingerprint density at radius 2 is 1.93 bits per heavy atom. The van der Waals surface area contributed by atoms with Crippen LogP contribution in [0.2, 0.25) is 0 Å². The predicted octanol–water partition coefficient (Wildman–Crippen LogP) is 2.80. The molecule has 1 aliphatic heterocycles. The molecule has 0 saturated heterocycles. The van der Waals surface area contributed by atoms with Gasteiger partial charge in [-0.15, -0.1) is 0 Å². The average molecular weight is 370 g/mol. The molecule has 2 aromatic carbocycles. The summed E-state index contributed by atoms with van der Waals surface area (Å²) in [6.07, 6.45) is 0.183. The number of benzene rings is 2. The van der Waals surface area contributed by atoms with Crippen molar-refractivity contribution in [3.05, 3.63) is 48.0 Å². The van der Waals surface area contributed by atoms with E-state index in [1.165, 1.54) is 6.92 Å². The Morgan fingerprint density at radius 1 is 1.15 bits per heavy atom. The Hall–Kier alpha value is -3.22. The number of fused-ring (bicyclic) bond motifs is 1. The van der Waals surface area contributed by atoms with Crippen molar-refractivity contribution in [2.45, 2.75) is 19.9 Å². The molecule has 0 atom stereocenters. The zero-order valence-corrected chi connectivity index (χ0v) is 15.4. The van der Waals surface area contributed by atoms with Crippen LogP contribution < -0.4 is 19.5 Å². The third-order valence-electron chi connectivity index (χ3n) is 4.25. The van der Waals surface area contributed by atoms with E-state index in [-0.39, 0.29) is 25.0 Å². The van der Waals surface area contributed by atoms with Crippen LogP contribution in [0.5, 0.6) is 17.2 Å². The molecule has 7 heteroatoms. The van der Waals surface area contributed by atoms with E-state index in [1.54, 1.807) is 24.1 Å². The Labute approximate surface area is 157 Å². The quantitative estimate of drug-likeness (QED) is 0.811. The molecular weight excluding hydrogens is 348 g/mol. The number of rotatable bonds is 7. The van der Waals surface area contributed by atoms with Gasteiger partial charge in [0.2, 0.25) is 18.6 Å². The summed E-state index contributed by atoms with van der Waals surface area (Å²) < 4.78 is 15.9. The fourth-order valence-corrected chi connectivity index (χ4v) is 2.80. The minimum Gasteiger partial charge on any atom is -0.495 e. The summed E-state index contributed by atoms with van der Waals surface area (Å²) in [7, 11) is 1.55. The van der Waals surface area contributed by atoms with Crippen LogP contribution in [0.25, 0.3) is 0 Å². The number of ether oxygens (including phenoxy) is 3. The van der Waals surface area contributed by atoms with Crippen LogP contribution in [0.3, 0.4) is 0 Å². The zero-order chi connectivity index (χ0) is 19.2. The van der Waals surface area contributed by atoms with E-state index in [9.17, 15) is 9.59 Å². The van der Waals surface area contributed by atoms with Crippen LogP contribution >= 0.6 is 0 Å². The highest BCUT2D eigenvalue weighted by molar-refractivity contribution is 5.92. The van der Waals surface area contributed by atoms with Gasteiger partial charge in [-0.05, 0) is 29.8 Å². The van der Waals surface area contributed by atoms with Gasteiger partial charge in [0.25, 0.3) is 0 Å². The first-order valence-corrected chi connectivity index (χ1v) is 8.63. The molecule has 2 aromatic rings. The minimum atomic E-state index is -0.184. The second kappa shape index (κ2) is 8.44. The van der Waals surface area contributed by atoms with Crippen LogP contribution in [-0.2, 0) is 16.1 Å². The highest BCUT2D eigenvalue weighted by Gasteiger charge is 2.17. The molecule has 27 heavy (non-hydrogen) atoms. The maximum atomic E-state index is 12.3. The molecular formula is C20H22N2O5. The molecule has 0 saturated carbocycles. The Morgan fingerprint density at radius 3 is 2.70 bits per heavy atom. The van der Waals surface area contributed by atoms with Gasteiger partial charge in [0, 0.05) is 26.4 Å². The molecule has 3 rings (SSSR count). The first kappa shape index (κ1) is 18.6. The van der Waals surface area contributed by atoms with Gasteiger partial charge >= 0.3 is 0 Å². The van der Waals surface area contributed by atoms with E-state index in [4.69, 9.17) is 14.2 Å². The maximum absolute atomic E-state index is 12.3. The van der Waals surface area contributed by atoms with Crippen molar-refractivity contribution in [3.8, 4) is 17.2 Å². The number of methoxy groups -OCH3 is 1. The van der Waals surface area contributed by atoms with Crippen LogP contribution in [0.4, 0.5) is 5.69 Å². The van der Waals surface area contributed by atoms with Crippen LogP contribution in [-0.4, -0.2) is 37.2 Å². The van der Waals surface area contributed by atoms with Crippen molar-refractivity contribution in [2.75, 3.05) is 25.8 Å². The third kappa shape index (κ3) is 4.69. The van der Waals surface area contributed by atoms with Gasteiger partial charge in [0.05, 0.1) is 12.8 Å². The maximum Gasteiger partial charge on any atom is 0.231 e. The van der Waals surface area contributed by atoms with Gasteiger partial charge in [-0.1, -0.05) is 18.2 Å². The number of anilines is 1. The fourth-order valence-electron chi connectivity index (χ4n) is 2.80. The summed E-state index contributed by atoms with van der Waals surface area (Å²) in [5.74, 6) is 1.68. The smallest absolute Gasteiger partial charge is 0.231 e. The highest BCUT2D eigenvalue weighted by Crippen LogP contribution is 2.32. The lowest BCUT2D eigenvalue weighted by atomic mass is 10.2. The van der Waals surface area contributed by atoms with Crippen molar-refractivity contribution in [3.63, 3.8) is 0 Å². The molecule has 0 unspecified atom stereocenters. The Balaban J connectivity index is 1.58. The molecule has 0 radical (unpaired) electrons. The number of carbonyl (C=O) groups is 2. The first-order chi connectivity index (χ1) is 13.1. The summed E-state index contributed by atoms with van der Waals surface area (Å²) in [5, 5.41) is 2.82. The number of hydrogen-bond donors (Lipinski definition) is 1. The molecule has 0 aliphatic carbocycles. The van der Waals surface area contributed by atoms with Crippen molar-refractivity contribution in [2.24, 2.45) is 0 Å². The monoisotopic (exact) mass is 370 g/mol. The number of hydrogen-bond acceptors (Lipinski definition) is 5. The number of carbonyl (C=O) groups excluding carboxylic acids is 2. The predicted molar refractivity (Wildman–Crippen MR) is 99.9 cm³/mol. The summed E-state index contributed by atoms with van der Waals surface area (Å²) in [6.45, 7) is 2.40. The number of nitrogens with zero attached hydrogens (tertiary/aromatic N) is 1. The van der Waals surface area contributed by atoms with Crippen molar-refractivity contribution in [1.29, 1.82) is 0 Å². The minimum absolute atomic E-state index is 0.0993. The lowest BCUT2D eigenvalue weighted by Gasteiger charge is -2.21. The molecule has 7 nitrogen and oxygen atoms in total. The molecule has 2 amide bonds. The van der Waals surface area contributed by atoms with Crippen LogP contribution in [0.15, 0.2) is 42.5 Å². The summed E-state index contributed by atoms with van der Waals surface area (Å²) >= 11 is 0. The van der Waals surface area contributed by atoms with Gasteiger partial charge in [-0.3, -0.25) is 9.59 Å². The van der Waals surface area contributed by atoms with Gasteiger partial charge in [0.15, 0.2) is 11.5 Å². The van der Waals surface area contributed by atoms with Crippen LogP contribution in [0, 0.1) is 0 Å². The van der Waals surface area contributed by atoms with Gasteiger partial charge in [-0.25, -0.2) is 0 Å². The molecule has 0 fully saturated rings. The van der Waals surface area contributed by atoms with E-state index in [2.05, 4.69) is 5.32 Å². The Kier molecular flexibility index (Phi) is 5.80. The van der Waals surface area contributed by atoms with E-state index in [0.29, 0.717) is 36.0 Å². The third-order valence-corrected chi connectivity index (χ3v) is 4.25. The fraction of sp³-hybridized carbons (Fsp3) is 0.300. The largest absolute Gasteiger partial charge is 0.495 e. The number of nitrogens with one attached hydrogen (secondary N) is 1. The molecule has 1 N–H and O–H groups in total. The zero-order valence-electron chi connectivity index (χ0n) is 15.4. The van der Waals surface area contributed by atoms with Gasteiger partial charge < -0.3 is 24.4 Å². The van der Waals surface area contributed by atoms with Gasteiger partial charge in [-0.2, -0.15) is 0 Å². The van der Waals surface area contributed by atoms with Crippen molar-refractivity contribution in [1.82, 2.24) is 4.90 Å². The second-order valence-electron chi connectivity index (χ2n) is 6.13. The molecule has 0 spiro atoms. The van der Waals surface area contributed by atoms with Crippen LogP contribution in [0.1, 0.15) is 18.9 Å². The topological polar surface area (TPSA) is 77.1 Å². The summed E-state index contributed by atoms with van der Waals surface area (Å²) in [5.41, 5.74) is 1.52. The van der Waals surface area contributed by atoms with Crippen molar-refractivity contribution < 1.29 is 23.8 Å². The SMILES string of the molecule is COc1ccccc1NC(=O)CCN(Cc1ccc2c(c1)OCO2)C(C)=O. The lowest BCUT2D eigenvalue weighted by Crippen LogP contribution is -2.31. The molecule has 0 bridgehead atoms. The van der Waals surface area contributed by atoms with E-state index >= 15 is 0 Å². The van der Waals surface area contributed by atoms with Crippen molar-refractivity contribution >= 4 is 17.5 Å². The summed E-state index contributed by atoms with van der Waals surface area (Å²) in [4.78, 5) is 25.9. The normalized spacial score (nSPS) is 11.8. The van der Waals surface area contributed by atoms with E-state index < -0.39 is 0 Å². The average Bonchev–Trinajstić information content (AvgIpc) is 3.13. The molecule has 0 aromatic heterocycles. The molecule has 1 aliphatic rings. The molecule has 142 valence electrons. The van der Waals surface area contributed by atoms with E-state index in [1.807, 2.05) is 30.3 Å². The highest BCUT2D eigenvalue weighted by atomic mass is 16.7. The second-order valence-corrected chi connectivity index (χ2v) is 6.13. The lowest BCUT2D eigenvalue weighted by molar-refractivity contribution is -0.129. The Bertz CT molecular complexity index is 837. The standard InChI is InChI=1S/C20H22N2O5/c1-14(23)22(12-15-7-8-18-19(11-15)27-13-26-18)10-9-20(24)21-16-5-3-4-6-17(16)25-2/h3-8,11H,9-10,12-13H2,1-2H3,(H,21,24). The van der Waals surface area contributed by atoms with Gasteiger partial charge in [0.1, 0.15) is 5.75 Å². The number of para-hydroxylation sites is 2.